The Morgan fingerprint density at radius 3 is 2.68 bits per heavy atom. The zero-order valence-corrected chi connectivity index (χ0v) is 10.8. The topological polar surface area (TPSA) is 69.6 Å². The molecule has 1 atom stereocenters. The minimum absolute atomic E-state index is 0.0194. The van der Waals surface area contributed by atoms with Crippen molar-refractivity contribution in [3.8, 4) is 0 Å². The molecule has 0 fully saturated rings. The Kier molecular flexibility index (Phi) is 5.88. The highest BCUT2D eigenvalue weighted by Gasteiger charge is 2.19. The molecule has 0 radical (unpaired) electrons. The third-order valence-corrected chi connectivity index (χ3v) is 2.73. The molecule has 0 amide bonds. The molecule has 0 saturated carbocycles. The molecule has 6 heteroatoms. The smallest absolute Gasteiger partial charge is 0.302 e. The van der Waals surface area contributed by atoms with E-state index in [1.807, 2.05) is 0 Å². The van der Waals surface area contributed by atoms with Gasteiger partial charge in [0.15, 0.2) is 0 Å². The molecule has 0 saturated heterocycles. The van der Waals surface area contributed by atoms with Gasteiger partial charge in [-0.1, -0.05) is 18.2 Å². The number of aliphatic hydroxyl groups is 1. The van der Waals surface area contributed by atoms with E-state index < -0.39 is 16.4 Å². The van der Waals surface area contributed by atoms with Crippen molar-refractivity contribution in [3.05, 3.63) is 40.9 Å². The molecule has 0 spiro atoms. The Labute approximate surface area is 111 Å². The van der Waals surface area contributed by atoms with Crippen LogP contribution in [0, 0.1) is 11.0 Å². The number of carbonyl (C=O) groups excluding carboxylic acids is 1. The monoisotopic (exact) mass is 271 g/mol. The summed E-state index contributed by atoms with van der Waals surface area (Å²) in [5, 5.41) is 21.4. The summed E-state index contributed by atoms with van der Waals surface area (Å²) in [4.78, 5) is 10.7. The van der Waals surface area contributed by atoms with Crippen molar-refractivity contribution in [1.29, 1.82) is 0 Å². The number of halogens is 1. The Bertz CT molecular complexity index is 427. The number of ether oxygens (including phenoxy) is 1. The van der Waals surface area contributed by atoms with Crippen LogP contribution in [0.15, 0.2) is 24.3 Å². The van der Waals surface area contributed by atoms with Crippen molar-refractivity contribution in [2.24, 2.45) is 0 Å². The predicted molar refractivity (Wildman–Crippen MR) is 67.2 cm³/mol. The zero-order valence-electron chi connectivity index (χ0n) is 10.8. The van der Waals surface area contributed by atoms with E-state index in [-0.39, 0.29) is 38.4 Å². The van der Waals surface area contributed by atoms with Crippen LogP contribution >= 0.6 is 0 Å². The van der Waals surface area contributed by atoms with Crippen LogP contribution < -0.4 is 0 Å². The molecule has 1 N–H and O–H groups in total. The maximum absolute atomic E-state index is 13.5. The number of nitrogens with zero attached hydrogens (tertiary/aromatic N) is 1. The summed E-state index contributed by atoms with van der Waals surface area (Å²) in [7, 11) is 0. The van der Waals surface area contributed by atoms with Crippen LogP contribution in [0.25, 0.3) is 0 Å². The zero-order chi connectivity index (χ0) is 14.3. The van der Waals surface area contributed by atoms with Crippen molar-refractivity contribution in [3.63, 3.8) is 0 Å². The minimum atomic E-state index is -0.829. The van der Waals surface area contributed by atoms with E-state index in [0.717, 1.165) is 0 Å². The second-order valence-electron chi connectivity index (χ2n) is 4.32. The average molecular weight is 271 g/mol. The average Bonchev–Trinajstić information content (AvgIpc) is 2.32. The number of esters is 1. The SMILES string of the molecule is CC(=O)OCC[N+]([O-])(CCO)Cc1ccccc1F. The van der Waals surface area contributed by atoms with E-state index in [4.69, 9.17) is 9.84 Å². The number of aliphatic hydroxyl groups excluding tert-OH is 1. The fraction of sp³-hybridized carbons (Fsp3) is 0.462. The number of hydrogen-bond acceptors (Lipinski definition) is 4. The van der Waals surface area contributed by atoms with Crippen LogP contribution in [0.4, 0.5) is 4.39 Å². The first-order valence-electron chi connectivity index (χ1n) is 6.01. The first-order chi connectivity index (χ1) is 8.97. The van der Waals surface area contributed by atoms with Crippen LogP contribution in [0.5, 0.6) is 0 Å². The summed E-state index contributed by atoms with van der Waals surface area (Å²) >= 11 is 0. The van der Waals surface area contributed by atoms with Gasteiger partial charge in [-0.05, 0) is 6.07 Å². The molecule has 106 valence electrons. The number of benzene rings is 1. The molecule has 1 aromatic rings. The van der Waals surface area contributed by atoms with Crippen molar-refractivity contribution >= 4 is 5.97 Å². The van der Waals surface area contributed by atoms with Crippen LogP contribution in [0.3, 0.4) is 0 Å². The van der Waals surface area contributed by atoms with E-state index in [1.54, 1.807) is 12.1 Å². The molecule has 1 unspecified atom stereocenters. The molecule has 5 nitrogen and oxygen atoms in total. The van der Waals surface area contributed by atoms with Crippen LogP contribution in [-0.2, 0) is 16.1 Å². The van der Waals surface area contributed by atoms with Gasteiger partial charge in [0.25, 0.3) is 0 Å². The minimum Gasteiger partial charge on any atom is -0.632 e. The third-order valence-electron chi connectivity index (χ3n) is 2.73. The van der Waals surface area contributed by atoms with Crippen molar-refractivity contribution in [1.82, 2.24) is 0 Å². The maximum atomic E-state index is 13.5. The van der Waals surface area contributed by atoms with Gasteiger partial charge in [0.2, 0.25) is 0 Å². The molecular formula is C13H18FNO4. The van der Waals surface area contributed by atoms with Crippen molar-refractivity contribution in [2.75, 3.05) is 26.3 Å². The third kappa shape index (κ3) is 5.34. The lowest BCUT2D eigenvalue weighted by atomic mass is 10.2. The van der Waals surface area contributed by atoms with Gasteiger partial charge in [-0.2, -0.15) is 0 Å². The summed E-state index contributed by atoms with van der Waals surface area (Å²) in [5.41, 5.74) is 0.286. The molecule has 0 aromatic heterocycles. The van der Waals surface area contributed by atoms with E-state index in [1.165, 1.54) is 19.1 Å². The lowest BCUT2D eigenvalue weighted by Crippen LogP contribution is -2.46. The van der Waals surface area contributed by atoms with Crippen LogP contribution in [0.2, 0.25) is 0 Å². The van der Waals surface area contributed by atoms with Gasteiger partial charge in [-0.15, -0.1) is 0 Å². The molecular weight excluding hydrogens is 253 g/mol. The Morgan fingerprint density at radius 1 is 1.42 bits per heavy atom. The summed E-state index contributed by atoms with van der Waals surface area (Å²) in [6.07, 6.45) is 0. The van der Waals surface area contributed by atoms with Gasteiger partial charge in [0.05, 0.1) is 6.61 Å². The van der Waals surface area contributed by atoms with E-state index in [0.29, 0.717) is 0 Å². The number of carbonyl (C=O) groups is 1. The maximum Gasteiger partial charge on any atom is 0.302 e. The normalized spacial score (nSPS) is 13.9. The summed E-state index contributed by atoms with van der Waals surface area (Å²) in [6, 6.07) is 6.01. The van der Waals surface area contributed by atoms with Crippen LogP contribution in [0.1, 0.15) is 12.5 Å². The van der Waals surface area contributed by atoms with Gasteiger partial charge >= 0.3 is 5.97 Å². The van der Waals surface area contributed by atoms with Crippen molar-refractivity contribution < 1.29 is 23.7 Å². The Balaban J connectivity index is 2.70. The van der Waals surface area contributed by atoms with E-state index >= 15 is 0 Å². The molecule has 0 aliphatic carbocycles. The van der Waals surface area contributed by atoms with Crippen LogP contribution in [-0.4, -0.2) is 42.0 Å². The molecule has 0 aliphatic rings. The number of hydroxylamine groups is 3. The highest BCUT2D eigenvalue weighted by molar-refractivity contribution is 5.65. The molecule has 0 aliphatic heterocycles. The molecule has 0 bridgehead atoms. The molecule has 1 rings (SSSR count). The van der Waals surface area contributed by atoms with E-state index in [2.05, 4.69) is 0 Å². The number of hydrogen-bond donors (Lipinski definition) is 1. The van der Waals surface area contributed by atoms with E-state index in [9.17, 15) is 14.4 Å². The highest BCUT2D eigenvalue weighted by atomic mass is 19.1. The first-order valence-corrected chi connectivity index (χ1v) is 6.01. The Morgan fingerprint density at radius 2 is 2.11 bits per heavy atom. The van der Waals surface area contributed by atoms with Gasteiger partial charge in [-0.3, -0.25) is 4.79 Å². The fourth-order valence-corrected chi connectivity index (χ4v) is 1.74. The standard InChI is InChI=1S/C13H18FNO4/c1-11(17)19-9-7-15(18,6-8-16)10-12-4-2-3-5-13(12)14/h2-5,16H,6-10H2,1H3. The highest BCUT2D eigenvalue weighted by Crippen LogP contribution is 2.15. The predicted octanol–water partition coefficient (Wildman–Crippen LogP) is 1.20. The Hall–Kier alpha value is -1.50. The fourth-order valence-electron chi connectivity index (χ4n) is 1.74. The van der Waals surface area contributed by atoms with Gasteiger partial charge in [0.1, 0.15) is 32.1 Å². The molecule has 19 heavy (non-hydrogen) atoms. The van der Waals surface area contributed by atoms with Gasteiger partial charge in [0, 0.05) is 12.5 Å². The number of quaternary nitrogens is 1. The summed E-state index contributed by atoms with van der Waals surface area (Å²) in [6.45, 7) is 0.701. The second-order valence-corrected chi connectivity index (χ2v) is 4.32. The summed E-state index contributed by atoms with van der Waals surface area (Å²) in [5.74, 6) is -0.923. The number of rotatable bonds is 7. The quantitative estimate of drug-likeness (QED) is 0.459. The second kappa shape index (κ2) is 7.18. The van der Waals surface area contributed by atoms with Gasteiger partial charge < -0.3 is 19.7 Å². The lowest BCUT2D eigenvalue weighted by Gasteiger charge is -2.42. The molecule has 1 aromatic carbocycles. The lowest BCUT2D eigenvalue weighted by molar-refractivity contribution is -0.894. The van der Waals surface area contributed by atoms with Gasteiger partial charge in [-0.25, -0.2) is 4.39 Å². The first kappa shape index (κ1) is 15.6. The summed E-state index contributed by atoms with van der Waals surface area (Å²) < 4.78 is 17.4. The van der Waals surface area contributed by atoms with Crippen molar-refractivity contribution in [2.45, 2.75) is 13.5 Å². The largest absolute Gasteiger partial charge is 0.632 e. The molecule has 0 heterocycles.